The van der Waals surface area contributed by atoms with Gasteiger partial charge in [0.25, 0.3) is 0 Å². The summed E-state index contributed by atoms with van der Waals surface area (Å²) in [6.45, 7) is 0. The molecule has 114 valence electrons. The van der Waals surface area contributed by atoms with E-state index in [4.69, 9.17) is 0 Å². The second-order valence-corrected chi connectivity index (χ2v) is 7.55. The number of fused-ring (bicyclic) bond motifs is 1. The smallest absolute Gasteiger partial charge is 0.164 e. The van der Waals surface area contributed by atoms with Gasteiger partial charge in [-0.2, -0.15) is 11.8 Å². The van der Waals surface area contributed by atoms with E-state index in [1.807, 2.05) is 23.4 Å². The lowest BCUT2D eigenvalue weighted by Crippen LogP contribution is -2.03. The number of thiazole rings is 1. The summed E-state index contributed by atoms with van der Waals surface area (Å²) in [6, 6.07) is 1.41. The van der Waals surface area contributed by atoms with Crippen LogP contribution in [0.15, 0.2) is 18.5 Å². The molecule has 0 aromatic carbocycles. The van der Waals surface area contributed by atoms with Gasteiger partial charge in [-0.05, 0) is 18.2 Å². The Hall–Kier alpha value is -1.60. The average Bonchev–Trinajstić information content (AvgIpc) is 3.19. The number of nitrogens with zero attached hydrogens (tertiary/aromatic N) is 3. The molecule has 3 aromatic rings. The van der Waals surface area contributed by atoms with E-state index in [1.54, 1.807) is 6.20 Å². The van der Waals surface area contributed by atoms with Crippen LogP contribution in [0.5, 0.6) is 5.75 Å². The van der Waals surface area contributed by atoms with Crippen molar-refractivity contribution in [2.75, 3.05) is 11.5 Å². The topological polar surface area (TPSA) is 50.9 Å². The normalized spacial score (nSPS) is 18.4. The van der Waals surface area contributed by atoms with Gasteiger partial charge >= 0.3 is 0 Å². The molecule has 0 spiro atoms. The highest BCUT2D eigenvalue weighted by atomic mass is 32.2. The summed E-state index contributed by atoms with van der Waals surface area (Å²) in [5, 5.41) is 11.2. The fraction of sp³-hybridized carbons (Fsp3) is 0.333. The minimum absolute atomic E-state index is 0.275. The Kier molecular flexibility index (Phi) is 3.34. The first-order chi connectivity index (χ1) is 10.6. The van der Waals surface area contributed by atoms with Gasteiger partial charge in [-0.25, -0.2) is 9.37 Å². The molecule has 0 bridgehead atoms. The lowest BCUT2D eigenvalue weighted by atomic mass is 10.0. The number of rotatable bonds is 2. The monoisotopic (exact) mass is 335 g/mol. The fourth-order valence-electron chi connectivity index (χ4n) is 2.95. The third-order valence-electron chi connectivity index (χ3n) is 4.01. The Balaban J connectivity index is 1.84. The van der Waals surface area contributed by atoms with Gasteiger partial charge in [0.1, 0.15) is 21.2 Å². The Morgan fingerprint density at radius 2 is 2.27 bits per heavy atom. The van der Waals surface area contributed by atoms with Gasteiger partial charge in [0.15, 0.2) is 5.75 Å². The maximum atomic E-state index is 13.3. The fourth-order valence-corrected chi connectivity index (χ4v) is 5.20. The molecule has 1 aliphatic heterocycles. The van der Waals surface area contributed by atoms with Crippen LogP contribution in [0.3, 0.4) is 0 Å². The number of aryl methyl sites for hydroxylation is 1. The van der Waals surface area contributed by atoms with Crippen molar-refractivity contribution >= 4 is 33.4 Å². The molecule has 4 heterocycles. The molecule has 1 unspecified atom stereocenters. The van der Waals surface area contributed by atoms with Gasteiger partial charge in [-0.15, -0.1) is 0 Å². The van der Waals surface area contributed by atoms with Crippen molar-refractivity contribution in [2.45, 2.75) is 12.3 Å². The van der Waals surface area contributed by atoms with E-state index in [9.17, 15) is 9.50 Å². The molecule has 0 saturated carbocycles. The van der Waals surface area contributed by atoms with Crippen LogP contribution in [0.25, 0.3) is 20.9 Å². The number of hydrogen-bond donors (Lipinski definition) is 1. The molecule has 1 atom stereocenters. The van der Waals surface area contributed by atoms with E-state index < -0.39 is 0 Å². The number of pyridine rings is 1. The second kappa shape index (κ2) is 5.24. The number of hydrogen-bond acceptors (Lipinski definition) is 5. The van der Waals surface area contributed by atoms with E-state index >= 15 is 0 Å². The van der Waals surface area contributed by atoms with Crippen LogP contribution in [0.2, 0.25) is 0 Å². The summed E-state index contributed by atoms with van der Waals surface area (Å²) < 4.78 is 15.4. The summed E-state index contributed by atoms with van der Waals surface area (Å²) in [6.07, 6.45) is 3.85. The van der Waals surface area contributed by atoms with Crippen molar-refractivity contribution in [2.24, 2.45) is 7.05 Å². The molecule has 7 heteroatoms. The molecular weight excluding hydrogens is 321 g/mol. The third-order valence-corrected chi connectivity index (χ3v) is 6.35. The lowest BCUT2D eigenvalue weighted by molar-refractivity contribution is 0.463. The first-order valence-corrected chi connectivity index (χ1v) is 8.99. The van der Waals surface area contributed by atoms with E-state index in [-0.39, 0.29) is 11.6 Å². The van der Waals surface area contributed by atoms with Crippen LogP contribution in [-0.2, 0) is 7.05 Å². The number of halogens is 1. The molecule has 0 radical (unpaired) electrons. The summed E-state index contributed by atoms with van der Waals surface area (Å²) >= 11 is 3.38. The summed E-state index contributed by atoms with van der Waals surface area (Å²) in [5.74, 6) is 2.45. The van der Waals surface area contributed by atoms with Gasteiger partial charge in [0.2, 0.25) is 0 Å². The Labute approximate surface area is 135 Å². The molecule has 0 amide bonds. The maximum absolute atomic E-state index is 13.3. The molecule has 3 aromatic heterocycles. The maximum Gasteiger partial charge on any atom is 0.164 e. The van der Waals surface area contributed by atoms with E-state index in [0.29, 0.717) is 22.0 Å². The zero-order valence-electron chi connectivity index (χ0n) is 11.9. The van der Waals surface area contributed by atoms with Crippen LogP contribution < -0.4 is 0 Å². The van der Waals surface area contributed by atoms with Gasteiger partial charge in [0.05, 0.1) is 11.9 Å². The number of aromatic nitrogens is 3. The summed E-state index contributed by atoms with van der Waals surface area (Å²) in [4.78, 5) is 9.29. The van der Waals surface area contributed by atoms with Crippen LogP contribution in [-0.4, -0.2) is 31.1 Å². The second-order valence-electron chi connectivity index (χ2n) is 5.42. The molecule has 4 rings (SSSR count). The summed E-state index contributed by atoms with van der Waals surface area (Å²) in [7, 11) is 1.96. The van der Waals surface area contributed by atoms with Gasteiger partial charge in [-0.1, -0.05) is 11.3 Å². The first-order valence-electron chi connectivity index (χ1n) is 7.02. The van der Waals surface area contributed by atoms with Gasteiger partial charge in [0, 0.05) is 30.5 Å². The SMILES string of the molecule is Cn1c(C2CCSC2)c(O)c2nc(-c3cncc(F)c3)sc21. The predicted octanol–water partition coefficient (Wildman–Crippen LogP) is 3.76. The first kappa shape index (κ1) is 14.0. The Morgan fingerprint density at radius 1 is 1.41 bits per heavy atom. The van der Waals surface area contributed by atoms with Gasteiger partial charge < -0.3 is 9.67 Å². The molecule has 4 nitrogen and oxygen atoms in total. The van der Waals surface area contributed by atoms with Crippen molar-refractivity contribution in [1.29, 1.82) is 0 Å². The minimum Gasteiger partial charge on any atom is -0.504 e. The van der Waals surface area contributed by atoms with Crippen molar-refractivity contribution in [3.8, 4) is 16.3 Å². The molecule has 1 N–H and O–H groups in total. The quantitative estimate of drug-likeness (QED) is 0.775. The van der Waals surface area contributed by atoms with Crippen LogP contribution >= 0.6 is 23.1 Å². The van der Waals surface area contributed by atoms with Crippen LogP contribution in [0.4, 0.5) is 4.39 Å². The third kappa shape index (κ3) is 2.11. The molecule has 22 heavy (non-hydrogen) atoms. The van der Waals surface area contributed by atoms with Crippen LogP contribution in [0.1, 0.15) is 18.0 Å². The average molecular weight is 335 g/mol. The standard InChI is InChI=1S/C15H14FN3OS2/c1-19-12(8-2-3-21-7-8)13(20)11-15(19)22-14(18-11)9-4-10(16)6-17-5-9/h4-6,8,20H,2-3,7H2,1H3. The van der Waals surface area contributed by atoms with E-state index in [0.717, 1.165) is 28.5 Å². The van der Waals surface area contributed by atoms with Crippen molar-refractivity contribution in [3.05, 3.63) is 30.0 Å². The highest BCUT2D eigenvalue weighted by Gasteiger charge is 2.28. The zero-order valence-corrected chi connectivity index (χ0v) is 13.5. The van der Waals surface area contributed by atoms with Crippen molar-refractivity contribution < 1.29 is 9.50 Å². The molecule has 1 aliphatic rings. The predicted molar refractivity (Wildman–Crippen MR) is 88.1 cm³/mol. The zero-order chi connectivity index (χ0) is 15.3. The largest absolute Gasteiger partial charge is 0.504 e. The number of aromatic hydroxyl groups is 1. The molecule has 1 saturated heterocycles. The molecule has 0 aliphatic carbocycles. The molecule has 1 fully saturated rings. The van der Waals surface area contributed by atoms with E-state index in [2.05, 4.69) is 9.97 Å². The Morgan fingerprint density at radius 3 is 2.95 bits per heavy atom. The highest BCUT2D eigenvalue weighted by molar-refractivity contribution is 7.99. The van der Waals surface area contributed by atoms with Crippen LogP contribution in [0, 0.1) is 5.82 Å². The Bertz CT molecular complexity index is 814. The summed E-state index contributed by atoms with van der Waals surface area (Å²) in [5.41, 5.74) is 2.22. The van der Waals surface area contributed by atoms with Gasteiger partial charge in [-0.3, -0.25) is 4.98 Å². The van der Waals surface area contributed by atoms with Crippen molar-refractivity contribution in [3.63, 3.8) is 0 Å². The minimum atomic E-state index is -0.385. The molecular formula is C15H14FN3OS2. The highest BCUT2D eigenvalue weighted by Crippen LogP contribution is 2.44. The lowest BCUT2D eigenvalue weighted by Gasteiger charge is -2.10. The van der Waals surface area contributed by atoms with E-state index in [1.165, 1.54) is 23.6 Å². The number of thioether (sulfide) groups is 1. The van der Waals surface area contributed by atoms with Crippen molar-refractivity contribution in [1.82, 2.24) is 14.5 Å².